The van der Waals surface area contributed by atoms with Gasteiger partial charge in [0.2, 0.25) is 0 Å². The van der Waals surface area contributed by atoms with Crippen LogP contribution in [0.3, 0.4) is 0 Å². The smallest absolute Gasteiger partial charge is 0.289 e. The van der Waals surface area contributed by atoms with E-state index in [0.717, 1.165) is 16.7 Å². The molecule has 0 aromatic heterocycles. The van der Waals surface area contributed by atoms with Crippen molar-refractivity contribution in [3.63, 3.8) is 0 Å². The lowest BCUT2D eigenvalue weighted by Gasteiger charge is -2.41. The van der Waals surface area contributed by atoms with Crippen molar-refractivity contribution in [1.82, 2.24) is 15.4 Å². The highest BCUT2D eigenvalue weighted by Gasteiger charge is 2.51. The molecule has 3 unspecified atom stereocenters. The molecule has 2 aliphatic rings. The van der Waals surface area contributed by atoms with E-state index in [1.807, 2.05) is 54.6 Å². The molecular formula is C22H23F2N3O2S. The number of rotatable bonds is 5. The fraction of sp³-hybridized carbons (Fsp3) is 0.318. The molecule has 0 spiro atoms. The SMILES string of the molecule is CS(=O)NC1CC(F)(F)C2=C(C(=O)NCN2)C1Cc1cccc(-c2ccccc2)c1. The van der Waals surface area contributed by atoms with Crippen molar-refractivity contribution >= 4 is 16.9 Å². The van der Waals surface area contributed by atoms with E-state index in [1.165, 1.54) is 6.26 Å². The second kappa shape index (κ2) is 8.28. The Balaban J connectivity index is 1.73. The van der Waals surface area contributed by atoms with Crippen molar-refractivity contribution in [3.05, 3.63) is 71.4 Å². The van der Waals surface area contributed by atoms with Crippen molar-refractivity contribution in [1.29, 1.82) is 0 Å². The molecule has 1 aliphatic carbocycles. The van der Waals surface area contributed by atoms with Gasteiger partial charge < -0.3 is 10.6 Å². The fourth-order valence-electron chi connectivity index (χ4n) is 4.26. The summed E-state index contributed by atoms with van der Waals surface area (Å²) in [5.41, 5.74) is 2.72. The molecule has 2 aromatic carbocycles. The molecule has 3 atom stereocenters. The summed E-state index contributed by atoms with van der Waals surface area (Å²) in [6.45, 7) is -0.0265. The summed E-state index contributed by atoms with van der Waals surface area (Å²) in [5, 5.41) is 5.26. The van der Waals surface area contributed by atoms with Crippen LogP contribution >= 0.6 is 0 Å². The summed E-state index contributed by atoms with van der Waals surface area (Å²) in [4.78, 5) is 12.6. The predicted octanol–water partition coefficient (Wildman–Crippen LogP) is 2.73. The number of alkyl halides is 2. The third-order valence-electron chi connectivity index (χ3n) is 5.53. The van der Waals surface area contributed by atoms with Crippen LogP contribution in [0.5, 0.6) is 0 Å². The number of nitrogens with one attached hydrogen (secondary N) is 3. The second-order valence-electron chi connectivity index (χ2n) is 7.61. The quantitative estimate of drug-likeness (QED) is 0.682. The van der Waals surface area contributed by atoms with E-state index < -0.39 is 41.2 Å². The van der Waals surface area contributed by atoms with Gasteiger partial charge in [0.25, 0.3) is 11.8 Å². The molecule has 8 heteroatoms. The molecule has 0 saturated carbocycles. The van der Waals surface area contributed by atoms with E-state index in [2.05, 4.69) is 15.4 Å². The zero-order valence-corrected chi connectivity index (χ0v) is 17.3. The molecule has 0 saturated heterocycles. The first-order valence-electron chi connectivity index (χ1n) is 9.73. The summed E-state index contributed by atoms with van der Waals surface area (Å²) < 4.78 is 44.1. The summed E-state index contributed by atoms with van der Waals surface area (Å²) in [7, 11) is -1.49. The standard InChI is InChI=1S/C22H23F2N3O2S/c1-30(29)27-18-12-22(23,24)20-19(21(28)26-13-25-20)17(18)11-14-6-5-9-16(10-14)15-7-3-2-4-8-15/h2-10,17-18,25,27H,11-13H2,1H3,(H,26,28). The molecule has 1 heterocycles. The van der Waals surface area contributed by atoms with E-state index in [0.29, 0.717) is 6.42 Å². The first kappa shape index (κ1) is 20.7. The van der Waals surface area contributed by atoms with Crippen LogP contribution in [0, 0.1) is 5.92 Å². The van der Waals surface area contributed by atoms with Gasteiger partial charge in [0.1, 0.15) is 0 Å². The van der Waals surface area contributed by atoms with Crippen LogP contribution in [0.4, 0.5) is 8.78 Å². The van der Waals surface area contributed by atoms with Crippen molar-refractivity contribution in [2.24, 2.45) is 5.92 Å². The number of carbonyl (C=O) groups excluding carboxylic acids is 1. The maximum absolute atomic E-state index is 14.8. The van der Waals surface area contributed by atoms with Crippen LogP contribution in [0.25, 0.3) is 11.1 Å². The Morgan fingerprint density at radius 1 is 1.10 bits per heavy atom. The topological polar surface area (TPSA) is 70.2 Å². The van der Waals surface area contributed by atoms with Crippen molar-refractivity contribution < 1.29 is 17.8 Å². The molecule has 0 bridgehead atoms. The first-order chi connectivity index (χ1) is 14.3. The lowest BCUT2D eigenvalue weighted by atomic mass is 9.75. The molecule has 4 rings (SSSR count). The van der Waals surface area contributed by atoms with Crippen molar-refractivity contribution in [2.75, 3.05) is 12.9 Å². The summed E-state index contributed by atoms with van der Waals surface area (Å²) in [5.74, 6) is -4.23. The van der Waals surface area contributed by atoms with Crippen LogP contribution in [0.15, 0.2) is 65.9 Å². The number of allylic oxidation sites excluding steroid dienone is 1. The molecular weight excluding hydrogens is 408 g/mol. The normalized spacial score (nSPS) is 23.9. The average Bonchev–Trinajstić information content (AvgIpc) is 2.71. The van der Waals surface area contributed by atoms with E-state index in [9.17, 15) is 17.8 Å². The number of amides is 1. The minimum absolute atomic E-state index is 0.0265. The zero-order valence-electron chi connectivity index (χ0n) is 16.5. The van der Waals surface area contributed by atoms with Crippen LogP contribution in [-0.2, 0) is 22.2 Å². The monoisotopic (exact) mass is 431 g/mol. The van der Waals surface area contributed by atoms with Crippen LogP contribution < -0.4 is 15.4 Å². The molecule has 0 radical (unpaired) electrons. The van der Waals surface area contributed by atoms with Gasteiger partial charge in [-0.1, -0.05) is 54.6 Å². The van der Waals surface area contributed by atoms with Crippen LogP contribution in [0.1, 0.15) is 12.0 Å². The van der Waals surface area contributed by atoms with Gasteiger partial charge in [-0.2, -0.15) is 8.78 Å². The highest BCUT2D eigenvalue weighted by Crippen LogP contribution is 2.42. The molecule has 1 amide bonds. The van der Waals surface area contributed by atoms with Gasteiger partial charge in [0, 0.05) is 30.2 Å². The Hall–Kier alpha value is -2.58. The predicted molar refractivity (Wildman–Crippen MR) is 113 cm³/mol. The molecule has 1 aliphatic heterocycles. The van der Waals surface area contributed by atoms with Gasteiger partial charge in [-0.3, -0.25) is 4.79 Å². The van der Waals surface area contributed by atoms with Gasteiger partial charge in [0.05, 0.1) is 23.4 Å². The average molecular weight is 432 g/mol. The van der Waals surface area contributed by atoms with E-state index >= 15 is 0 Å². The third kappa shape index (κ3) is 4.15. The van der Waals surface area contributed by atoms with E-state index in [4.69, 9.17) is 0 Å². The molecule has 3 N–H and O–H groups in total. The largest absolute Gasteiger partial charge is 0.366 e. The van der Waals surface area contributed by atoms with Crippen molar-refractivity contribution in [2.45, 2.75) is 24.8 Å². The Labute approximate surface area is 176 Å². The highest BCUT2D eigenvalue weighted by molar-refractivity contribution is 7.82. The maximum Gasteiger partial charge on any atom is 0.289 e. The summed E-state index contributed by atoms with van der Waals surface area (Å²) in [6.07, 6.45) is 1.27. The number of halogens is 2. The minimum Gasteiger partial charge on any atom is -0.366 e. The van der Waals surface area contributed by atoms with Crippen LogP contribution in [-0.4, -0.2) is 35.0 Å². The first-order valence-corrected chi connectivity index (χ1v) is 11.3. The van der Waals surface area contributed by atoms with E-state index in [1.54, 1.807) is 0 Å². The molecule has 5 nitrogen and oxygen atoms in total. The van der Waals surface area contributed by atoms with Gasteiger partial charge in [-0.15, -0.1) is 0 Å². The highest BCUT2D eigenvalue weighted by atomic mass is 32.2. The fourth-order valence-corrected chi connectivity index (χ4v) is 4.94. The van der Waals surface area contributed by atoms with Crippen LogP contribution in [0.2, 0.25) is 0 Å². The molecule has 30 heavy (non-hydrogen) atoms. The minimum atomic E-state index is -3.19. The third-order valence-corrected chi connectivity index (χ3v) is 6.17. The summed E-state index contributed by atoms with van der Waals surface area (Å²) >= 11 is 0. The van der Waals surface area contributed by atoms with Gasteiger partial charge in [0.15, 0.2) is 0 Å². The Bertz CT molecular complexity index is 1010. The Kier molecular flexibility index (Phi) is 5.71. The van der Waals surface area contributed by atoms with Crippen molar-refractivity contribution in [3.8, 4) is 11.1 Å². The number of benzene rings is 2. The van der Waals surface area contributed by atoms with Gasteiger partial charge >= 0.3 is 0 Å². The lowest BCUT2D eigenvalue weighted by Crippen LogP contribution is -2.56. The molecule has 0 fully saturated rings. The number of carbonyl (C=O) groups is 1. The molecule has 2 aromatic rings. The van der Waals surface area contributed by atoms with E-state index in [-0.39, 0.29) is 17.9 Å². The zero-order chi connectivity index (χ0) is 21.3. The lowest BCUT2D eigenvalue weighted by molar-refractivity contribution is -0.120. The maximum atomic E-state index is 14.8. The Morgan fingerprint density at radius 2 is 1.83 bits per heavy atom. The number of hydrogen-bond donors (Lipinski definition) is 3. The van der Waals surface area contributed by atoms with Gasteiger partial charge in [-0.25, -0.2) is 8.93 Å². The number of hydrogen-bond acceptors (Lipinski definition) is 3. The molecule has 158 valence electrons. The Morgan fingerprint density at radius 3 is 2.57 bits per heavy atom. The van der Waals surface area contributed by atoms with Gasteiger partial charge in [-0.05, 0) is 23.1 Å². The summed E-state index contributed by atoms with van der Waals surface area (Å²) in [6, 6.07) is 16.9. The second-order valence-corrected chi connectivity index (χ2v) is 8.76.